The lowest BCUT2D eigenvalue weighted by Crippen LogP contribution is -2.46. The number of nitrogens with one attached hydrogen (secondary N) is 1. The van der Waals surface area contributed by atoms with Gasteiger partial charge < -0.3 is 9.84 Å². The standard InChI is InChI=1S/C26H20F2N4O2/c1-15-6-8-17(9-7-15)24-30-25(34-31-24)22-16(2)32(21-12-10-19(27)11-13-21)26(33)29-23(22)18-4-3-5-20(28)14-18/h3-14,23H,1-2H3,(H,29,33). The molecule has 0 bridgehead atoms. The third kappa shape index (κ3) is 3.94. The molecule has 1 unspecified atom stereocenters. The third-order valence-electron chi connectivity index (χ3n) is 5.72. The first-order valence-corrected chi connectivity index (χ1v) is 10.6. The summed E-state index contributed by atoms with van der Waals surface area (Å²) in [6, 6.07) is 18.0. The van der Waals surface area contributed by atoms with Gasteiger partial charge in [0.1, 0.15) is 11.6 Å². The fourth-order valence-corrected chi connectivity index (χ4v) is 4.01. The highest BCUT2D eigenvalue weighted by Gasteiger charge is 2.36. The van der Waals surface area contributed by atoms with Crippen LogP contribution in [0.4, 0.5) is 19.3 Å². The number of allylic oxidation sites excluding steroid dienone is 1. The van der Waals surface area contributed by atoms with E-state index in [0.29, 0.717) is 28.3 Å². The molecule has 0 aliphatic carbocycles. The molecule has 1 aliphatic heterocycles. The summed E-state index contributed by atoms with van der Waals surface area (Å²) in [7, 11) is 0. The second kappa shape index (κ2) is 8.55. The van der Waals surface area contributed by atoms with E-state index in [9.17, 15) is 13.6 Å². The number of halogens is 2. The van der Waals surface area contributed by atoms with E-state index in [-0.39, 0.29) is 5.89 Å². The molecule has 6 nitrogen and oxygen atoms in total. The molecule has 1 aliphatic rings. The minimum absolute atomic E-state index is 0.189. The zero-order valence-electron chi connectivity index (χ0n) is 18.4. The van der Waals surface area contributed by atoms with Gasteiger partial charge in [0.25, 0.3) is 5.89 Å². The van der Waals surface area contributed by atoms with E-state index in [1.807, 2.05) is 31.2 Å². The molecule has 0 saturated carbocycles. The quantitative estimate of drug-likeness (QED) is 0.406. The van der Waals surface area contributed by atoms with Crippen molar-refractivity contribution in [3.05, 3.63) is 107 Å². The number of carbonyl (C=O) groups excluding carboxylic acids is 1. The first-order chi connectivity index (χ1) is 16.4. The van der Waals surface area contributed by atoms with Gasteiger partial charge in [-0.15, -0.1) is 0 Å². The number of hydrogen-bond donors (Lipinski definition) is 1. The van der Waals surface area contributed by atoms with Gasteiger partial charge in [-0.2, -0.15) is 4.98 Å². The molecule has 0 spiro atoms. The van der Waals surface area contributed by atoms with E-state index in [4.69, 9.17) is 4.52 Å². The molecule has 2 heterocycles. The van der Waals surface area contributed by atoms with Gasteiger partial charge in [-0.3, -0.25) is 4.90 Å². The van der Waals surface area contributed by atoms with Gasteiger partial charge in [0.15, 0.2) is 0 Å². The Balaban J connectivity index is 1.65. The van der Waals surface area contributed by atoms with E-state index in [1.54, 1.807) is 19.1 Å². The molecule has 170 valence electrons. The van der Waals surface area contributed by atoms with Crippen LogP contribution in [0.25, 0.3) is 17.0 Å². The van der Waals surface area contributed by atoms with Crippen LogP contribution in [0.1, 0.15) is 30.0 Å². The second-order valence-corrected chi connectivity index (χ2v) is 8.04. The molecule has 0 saturated heterocycles. The number of nitrogens with zero attached hydrogens (tertiary/aromatic N) is 3. The molecule has 2 amide bonds. The van der Waals surface area contributed by atoms with Gasteiger partial charge in [-0.05, 0) is 55.8 Å². The maximum atomic E-state index is 14.1. The maximum absolute atomic E-state index is 14.1. The topological polar surface area (TPSA) is 71.3 Å². The summed E-state index contributed by atoms with van der Waals surface area (Å²) in [5.41, 5.74) is 3.88. The molecule has 1 N–H and O–H groups in total. The summed E-state index contributed by atoms with van der Waals surface area (Å²) in [6.07, 6.45) is 0. The van der Waals surface area contributed by atoms with E-state index in [1.165, 1.54) is 41.3 Å². The van der Waals surface area contributed by atoms with E-state index >= 15 is 0 Å². The SMILES string of the molecule is CC1=C(c2nc(-c3ccc(C)cc3)no2)C(c2cccc(F)c2)NC(=O)N1c1ccc(F)cc1. The lowest BCUT2D eigenvalue weighted by molar-refractivity contribution is 0.244. The molecule has 5 rings (SSSR count). The van der Waals surface area contributed by atoms with Crippen molar-refractivity contribution >= 4 is 17.3 Å². The van der Waals surface area contributed by atoms with E-state index < -0.39 is 23.7 Å². The number of aryl methyl sites for hydroxylation is 1. The van der Waals surface area contributed by atoms with Gasteiger partial charge in [0.2, 0.25) is 5.82 Å². The van der Waals surface area contributed by atoms with Crippen LogP contribution >= 0.6 is 0 Å². The molecule has 1 aromatic heterocycles. The number of rotatable bonds is 4. The second-order valence-electron chi connectivity index (χ2n) is 8.04. The smallest absolute Gasteiger partial charge is 0.326 e. The average Bonchev–Trinajstić information content (AvgIpc) is 3.30. The van der Waals surface area contributed by atoms with Crippen molar-refractivity contribution in [3.63, 3.8) is 0 Å². The predicted octanol–water partition coefficient (Wildman–Crippen LogP) is 6.03. The Bertz CT molecular complexity index is 1400. The number of hydrogen-bond acceptors (Lipinski definition) is 4. The number of anilines is 1. The van der Waals surface area contributed by atoms with Crippen LogP contribution in [0.5, 0.6) is 0 Å². The first kappa shape index (κ1) is 21.5. The summed E-state index contributed by atoms with van der Waals surface area (Å²) in [6.45, 7) is 3.72. The Morgan fingerprint density at radius 1 is 0.941 bits per heavy atom. The fraction of sp³-hybridized carbons (Fsp3) is 0.115. The minimum atomic E-state index is -0.730. The average molecular weight is 458 g/mol. The highest BCUT2D eigenvalue weighted by molar-refractivity contribution is 6.01. The van der Waals surface area contributed by atoms with Gasteiger partial charge in [0, 0.05) is 11.3 Å². The first-order valence-electron chi connectivity index (χ1n) is 10.6. The molecule has 34 heavy (non-hydrogen) atoms. The molecular formula is C26H20F2N4O2. The van der Waals surface area contributed by atoms with Crippen LogP contribution in [-0.2, 0) is 0 Å². The van der Waals surface area contributed by atoms with E-state index in [0.717, 1.165) is 11.1 Å². The summed E-state index contributed by atoms with van der Waals surface area (Å²) in [5.74, 6) is -0.274. The number of carbonyl (C=O) groups is 1. The minimum Gasteiger partial charge on any atom is -0.334 e. The molecule has 0 radical (unpaired) electrons. The van der Waals surface area contributed by atoms with Crippen LogP contribution in [-0.4, -0.2) is 16.2 Å². The number of aromatic nitrogens is 2. The third-order valence-corrected chi connectivity index (χ3v) is 5.72. The van der Waals surface area contributed by atoms with Gasteiger partial charge in [-0.25, -0.2) is 13.6 Å². The summed E-state index contributed by atoms with van der Waals surface area (Å²) in [4.78, 5) is 19.1. The Kier molecular flexibility index (Phi) is 5.41. The number of benzene rings is 3. The molecule has 1 atom stereocenters. The van der Waals surface area contributed by atoms with Crippen LogP contribution < -0.4 is 10.2 Å². The van der Waals surface area contributed by atoms with Gasteiger partial charge >= 0.3 is 6.03 Å². The Hall–Kier alpha value is -4.33. The highest BCUT2D eigenvalue weighted by Crippen LogP contribution is 2.39. The maximum Gasteiger partial charge on any atom is 0.326 e. The van der Waals surface area contributed by atoms with Crippen LogP contribution in [0.2, 0.25) is 0 Å². The summed E-state index contributed by atoms with van der Waals surface area (Å²) >= 11 is 0. The Labute approximate surface area is 194 Å². The van der Waals surface area contributed by atoms with Crippen molar-refractivity contribution in [2.45, 2.75) is 19.9 Å². The lowest BCUT2D eigenvalue weighted by Gasteiger charge is -2.35. The normalized spacial score (nSPS) is 16.1. The molecule has 4 aromatic rings. The Morgan fingerprint density at radius 3 is 2.38 bits per heavy atom. The fourth-order valence-electron chi connectivity index (χ4n) is 4.01. The highest BCUT2D eigenvalue weighted by atomic mass is 19.1. The summed E-state index contributed by atoms with van der Waals surface area (Å²) in [5, 5.41) is 7.02. The zero-order valence-corrected chi connectivity index (χ0v) is 18.4. The van der Waals surface area contributed by atoms with Crippen molar-refractivity contribution in [2.75, 3.05) is 4.90 Å². The summed E-state index contributed by atoms with van der Waals surface area (Å²) < 4.78 is 33.2. The van der Waals surface area contributed by atoms with Crippen molar-refractivity contribution in [2.24, 2.45) is 0 Å². The van der Waals surface area contributed by atoms with Crippen molar-refractivity contribution in [1.82, 2.24) is 15.5 Å². The molecule has 3 aromatic carbocycles. The van der Waals surface area contributed by atoms with Crippen LogP contribution in [0, 0.1) is 18.6 Å². The van der Waals surface area contributed by atoms with Crippen LogP contribution in [0.3, 0.4) is 0 Å². The van der Waals surface area contributed by atoms with Crippen molar-refractivity contribution < 1.29 is 18.1 Å². The molecule has 8 heteroatoms. The van der Waals surface area contributed by atoms with Crippen LogP contribution in [0.15, 0.2) is 83.0 Å². The van der Waals surface area contributed by atoms with Crippen molar-refractivity contribution in [1.29, 1.82) is 0 Å². The zero-order chi connectivity index (χ0) is 23.8. The molecular weight excluding hydrogens is 438 g/mol. The van der Waals surface area contributed by atoms with Crippen molar-refractivity contribution in [3.8, 4) is 11.4 Å². The molecule has 0 fully saturated rings. The largest absolute Gasteiger partial charge is 0.334 e. The lowest BCUT2D eigenvalue weighted by atomic mass is 9.94. The Morgan fingerprint density at radius 2 is 1.68 bits per heavy atom. The predicted molar refractivity (Wildman–Crippen MR) is 124 cm³/mol. The number of urea groups is 1. The number of amides is 2. The monoisotopic (exact) mass is 458 g/mol. The van der Waals surface area contributed by atoms with E-state index in [2.05, 4.69) is 15.5 Å². The van der Waals surface area contributed by atoms with Gasteiger partial charge in [-0.1, -0.05) is 47.1 Å². The van der Waals surface area contributed by atoms with Gasteiger partial charge in [0.05, 0.1) is 17.3 Å².